The third-order valence-electron chi connectivity index (χ3n) is 2.12. The van der Waals surface area contributed by atoms with Crippen LogP contribution in [0.25, 0.3) is 0 Å². The summed E-state index contributed by atoms with van der Waals surface area (Å²) in [5.74, 6) is 0.0937. The van der Waals surface area contributed by atoms with Crippen molar-refractivity contribution in [2.24, 2.45) is 5.41 Å². The number of hydrogen-bond acceptors (Lipinski definition) is 3. The van der Waals surface area contributed by atoms with Crippen molar-refractivity contribution in [3.05, 3.63) is 23.5 Å². The van der Waals surface area contributed by atoms with Crippen LogP contribution in [0, 0.1) is 5.41 Å². The molecule has 0 radical (unpaired) electrons. The predicted octanol–water partition coefficient (Wildman–Crippen LogP) is 2.91. The third-order valence-corrected chi connectivity index (χ3v) is 3.62. The molecule has 0 saturated carbocycles. The smallest absolute Gasteiger partial charge is 0.232 e. The van der Waals surface area contributed by atoms with Crippen LogP contribution in [0.4, 0.5) is 5.69 Å². The van der Waals surface area contributed by atoms with Crippen LogP contribution in [0.3, 0.4) is 0 Å². The average molecular weight is 277 g/mol. The molecule has 0 fully saturated rings. The lowest BCUT2D eigenvalue weighted by Crippen LogP contribution is -2.20. The normalized spacial score (nSPS) is 12.5. The van der Waals surface area contributed by atoms with Gasteiger partial charge in [-0.1, -0.05) is 32.4 Å². The summed E-state index contributed by atoms with van der Waals surface area (Å²) in [4.78, 5) is 3.79. The largest absolute Gasteiger partial charge is 0.283 e. The zero-order valence-corrected chi connectivity index (χ0v) is 11.8. The summed E-state index contributed by atoms with van der Waals surface area (Å²) < 4.78 is 26.0. The van der Waals surface area contributed by atoms with E-state index in [1.165, 1.54) is 12.3 Å². The number of nitrogens with one attached hydrogen (secondary N) is 1. The molecule has 1 N–H and O–H groups in total. The van der Waals surface area contributed by atoms with Crippen LogP contribution in [0.1, 0.15) is 27.2 Å². The molecular weight excluding hydrogens is 260 g/mol. The van der Waals surface area contributed by atoms with Crippen molar-refractivity contribution in [1.29, 1.82) is 0 Å². The van der Waals surface area contributed by atoms with Crippen molar-refractivity contribution in [3.8, 4) is 0 Å². The van der Waals surface area contributed by atoms with Gasteiger partial charge in [0.25, 0.3) is 0 Å². The number of rotatable bonds is 4. The highest BCUT2D eigenvalue weighted by Crippen LogP contribution is 2.20. The van der Waals surface area contributed by atoms with Crippen LogP contribution in [-0.4, -0.2) is 19.2 Å². The molecule has 1 heterocycles. The van der Waals surface area contributed by atoms with E-state index in [4.69, 9.17) is 11.6 Å². The van der Waals surface area contributed by atoms with Crippen molar-refractivity contribution in [3.63, 3.8) is 0 Å². The van der Waals surface area contributed by atoms with Crippen molar-refractivity contribution in [2.75, 3.05) is 10.5 Å². The van der Waals surface area contributed by atoms with E-state index < -0.39 is 10.0 Å². The minimum Gasteiger partial charge on any atom is -0.283 e. The van der Waals surface area contributed by atoms with Crippen molar-refractivity contribution >= 4 is 27.3 Å². The highest BCUT2D eigenvalue weighted by atomic mass is 35.5. The molecule has 1 rings (SSSR count). The van der Waals surface area contributed by atoms with Gasteiger partial charge in [-0.2, -0.15) is 0 Å². The summed E-state index contributed by atoms with van der Waals surface area (Å²) in [5.41, 5.74) is 0.434. The standard InChI is InChI=1S/C11H17ClN2O2S/c1-11(2,3)5-7-17(15,16)14-9-4-6-13-10(12)8-9/h4,6,8H,5,7H2,1-3H3,(H,13,14). The predicted molar refractivity (Wildman–Crippen MR) is 70.7 cm³/mol. The Morgan fingerprint density at radius 1 is 1.41 bits per heavy atom. The van der Waals surface area contributed by atoms with Crippen LogP contribution in [-0.2, 0) is 10.0 Å². The number of halogens is 1. The van der Waals surface area contributed by atoms with E-state index in [2.05, 4.69) is 9.71 Å². The van der Waals surface area contributed by atoms with E-state index >= 15 is 0 Å². The molecule has 0 bridgehead atoms. The van der Waals surface area contributed by atoms with Crippen LogP contribution in [0.15, 0.2) is 18.3 Å². The lowest BCUT2D eigenvalue weighted by atomic mass is 9.94. The Morgan fingerprint density at radius 3 is 2.59 bits per heavy atom. The first-order valence-electron chi connectivity index (χ1n) is 5.30. The summed E-state index contributed by atoms with van der Waals surface area (Å²) in [6.07, 6.45) is 2.06. The van der Waals surface area contributed by atoms with Crippen molar-refractivity contribution in [2.45, 2.75) is 27.2 Å². The zero-order valence-electron chi connectivity index (χ0n) is 10.2. The van der Waals surface area contributed by atoms with E-state index in [0.717, 1.165) is 0 Å². The van der Waals surface area contributed by atoms with Gasteiger partial charge in [-0.3, -0.25) is 4.72 Å². The van der Waals surface area contributed by atoms with E-state index in [9.17, 15) is 8.42 Å². The van der Waals surface area contributed by atoms with Gasteiger partial charge in [0.2, 0.25) is 10.0 Å². The SMILES string of the molecule is CC(C)(C)CCS(=O)(=O)Nc1ccnc(Cl)c1. The summed E-state index contributed by atoms with van der Waals surface area (Å²) in [6.45, 7) is 6.02. The Kier molecular flexibility index (Phi) is 4.38. The minimum atomic E-state index is -3.32. The summed E-state index contributed by atoms with van der Waals surface area (Å²) in [6, 6.07) is 3.05. The van der Waals surface area contributed by atoms with Gasteiger partial charge in [0.15, 0.2) is 0 Å². The fourth-order valence-electron chi connectivity index (χ4n) is 1.14. The zero-order chi connectivity index (χ0) is 13.1. The Hall–Kier alpha value is -0.810. The molecule has 0 saturated heterocycles. The molecule has 6 heteroatoms. The molecule has 0 spiro atoms. The van der Waals surface area contributed by atoms with Crippen LogP contribution in [0.2, 0.25) is 5.15 Å². The maximum atomic E-state index is 11.8. The number of sulfonamides is 1. The molecule has 17 heavy (non-hydrogen) atoms. The maximum Gasteiger partial charge on any atom is 0.232 e. The summed E-state index contributed by atoms with van der Waals surface area (Å²) >= 11 is 5.68. The second kappa shape index (κ2) is 5.23. The fourth-order valence-corrected chi connectivity index (χ4v) is 2.78. The van der Waals surface area contributed by atoms with Gasteiger partial charge >= 0.3 is 0 Å². The van der Waals surface area contributed by atoms with Crippen LogP contribution in [0.5, 0.6) is 0 Å². The fraction of sp³-hybridized carbons (Fsp3) is 0.545. The van der Waals surface area contributed by atoms with Gasteiger partial charge in [0.1, 0.15) is 5.15 Å². The van der Waals surface area contributed by atoms with Gasteiger partial charge in [-0.05, 0) is 24.0 Å². The Morgan fingerprint density at radius 2 is 2.06 bits per heavy atom. The molecule has 1 aromatic rings. The Labute approximate surface area is 107 Å². The van der Waals surface area contributed by atoms with Crippen LogP contribution < -0.4 is 4.72 Å². The first-order chi connectivity index (χ1) is 7.68. The number of nitrogens with zero attached hydrogens (tertiary/aromatic N) is 1. The highest BCUT2D eigenvalue weighted by molar-refractivity contribution is 7.92. The lowest BCUT2D eigenvalue weighted by Gasteiger charge is -2.18. The van der Waals surface area contributed by atoms with E-state index in [-0.39, 0.29) is 16.3 Å². The first kappa shape index (κ1) is 14.3. The minimum absolute atomic E-state index is 0.00929. The molecule has 4 nitrogen and oxygen atoms in total. The maximum absolute atomic E-state index is 11.8. The van der Waals surface area contributed by atoms with Gasteiger partial charge in [0.05, 0.1) is 11.4 Å². The van der Waals surface area contributed by atoms with Crippen molar-refractivity contribution in [1.82, 2.24) is 4.98 Å². The average Bonchev–Trinajstić information content (AvgIpc) is 2.13. The highest BCUT2D eigenvalue weighted by Gasteiger charge is 2.17. The summed E-state index contributed by atoms with van der Waals surface area (Å²) in [5, 5.41) is 0.265. The quantitative estimate of drug-likeness (QED) is 0.860. The molecule has 96 valence electrons. The molecule has 0 aliphatic heterocycles. The number of hydrogen-bond donors (Lipinski definition) is 1. The topological polar surface area (TPSA) is 59.1 Å². The first-order valence-corrected chi connectivity index (χ1v) is 7.33. The molecule has 0 unspecified atom stereocenters. The van der Waals surface area contributed by atoms with Crippen LogP contribution >= 0.6 is 11.6 Å². The van der Waals surface area contributed by atoms with E-state index in [1.807, 2.05) is 20.8 Å². The lowest BCUT2D eigenvalue weighted by molar-refractivity contribution is 0.397. The number of anilines is 1. The monoisotopic (exact) mass is 276 g/mol. The number of pyridine rings is 1. The van der Waals surface area contributed by atoms with Gasteiger partial charge in [-0.15, -0.1) is 0 Å². The molecule has 0 aliphatic carbocycles. The van der Waals surface area contributed by atoms with Gasteiger partial charge in [-0.25, -0.2) is 13.4 Å². The van der Waals surface area contributed by atoms with Crippen molar-refractivity contribution < 1.29 is 8.42 Å². The molecular formula is C11H17ClN2O2S. The van der Waals surface area contributed by atoms with E-state index in [0.29, 0.717) is 12.1 Å². The molecule has 0 atom stereocenters. The van der Waals surface area contributed by atoms with Gasteiger partial charge in [0, 0.05) is 6.20 Å². The Balaban J connectivity index is 2.67. The molecule has 0 amide bonds. The summed E-state index contributed by atoms with van der Waals surface area (Å²) in [7, 11) is -3.32. The van der Waals surface area contributed by atoms with E-state index in [1.54, 1.807) is 6.07 Å². The Bertz CT molecular complexity index is 480. The second-order valence-corrected chi connectivity index (χ2v) is 7.33. The second-order valence-electron chi connectivity index (χ2n) is 5.10. The molecule has 0 aromatic carbocycles. The molecule has 0 aliphatic rings. The molecule has 1 aromatic heterocycles. The third kappa shape index (κ3) is 5.89. The number of aromatic nitrogens is 1. The van der Waals surface area contributed by atoms with Gasteiger partial charge < -0.3 is 0 Å².